The lowest BCUT2D eigenvalue weighted by atomic mass is 9.77. The van der Waals surface area contributed by atoms with Crippen LogP contribution in [0.2, 0.25) is 0 Å². The van der Waals surface area contributed by atoms with E-state index >= 15 is 0 Å². The van der Waals surface area contributed by atoms with Gasteiger partial charge in [-0.15, -0.1) is 0 Å². The largest absolute Gasteiger partial charge is 0.468 e. The zero-order chi connectivity index (χ0) is 19.3. The first-order valence-electron chi connectivity index (χ1n) is 10.4. The number of rotatable bonds is 3. The lowest BCUT2D eigenvalue weighted by Gasteiger charge is -2.40. The Morgan fingerprint density at radius 2 is 1.82 bits per heavy atom. The molecule has 3 nitrogen and oxygen atoms in total. The second-order valence-corrected chi connectivity index (χ2v) is 8.91. The highest BCUT2D eigenvalue weighted by Gasteiger charge is 2.43. The number of nitrogens with zero attached hydrogens (tertiary/aromatic N) is 2. The third kappa shape index (κ3) is 2.76. The molecule has 2 aromatic rings. The summed E-state index contributed by atoms with van der Waals surface area (Å²) in [5.41, 5.74) is 5.35. The van der Waals surface area contributed by atoms with Crippen LogP contribution in [0.3, 0.4) is 0 Å². The minimum atomic E-state index is -0.0445. The number of benzene rings is 2. The highest BCUT2D eigenvalue weighted by molar-refractivity contribution is 6.01. The third-order valence-electron chi connectivity index (χ3n) is 7.06. The van der Waals surface area contributed by atoms with Crippen molar-refractivity contribution in [3.63, 3.8) is 0 Å². The predicted molar refractivity (Wildman–Crippen MR) is 113 cm³/mol. The number of hydrazone groups is 1. The van der Waals surface area contributed by atoms with E-state index in [1.54, 1.807) is 0 Å². The molecule has 2 aromatic carbocycles. The Morgan fingerprint density at radius 1 is 1.07 bits per heavy atom. The molecule has 0 bridgehead atoms. The van der Waals surface area contributed by atoms with E-state index in [0.29, 0.717) is 5.92 Å². The summed E-state index contributed by atoms with van der Waals surface area (Å²) in [5.74, 6) is 1.69. The summed E-state index contributed by atoms with van der Waals surface area (Å²) in [6, 6.07) is 19.3. The SMILES string of the molecule is CC1CC=C(CC2Oc3ccccc3C3CC(c4ccccc4)=NN23)C1(C)C. The molecule has 0 saturated carbocycles. The second-order valence-electron chi connectivity index (χ2n) is 8.91. The van der Waals surface area contributed by atoms with Crippen molar-refractivity contribution in [1.29, 1.82) is 0 Å². The smallest absolute Gasteiger partial charge is 0.191 e. The summed E-state index contributed by atoms with van der Waals surface area (Å²) in [6.07, 6.45) is 5.39. The van der Waals surface area contributed by atoms with Gasteiger partial charge in [-0.1, -0.05) is 81.0 Å². The van der Waals surface area contributed by atoms with Gasteiger partial charge in [0.2, 0.25) is 0 Å². The number of allylic oxidation sites excluding steroid dienone is 1. The van der Waals surface area contributed by atoms with Crippen LogP contribution in [0.4, 0.5) is 0 Å². The molecule has 0 amide bonds. The summed E-state index contributed by atoms with van der Waals surface area (Å²) >= 11 is 0. The third-order valence-corrected chi connectivity index (χ3v) is 7.06. The van der Waals surface area contributed by atoms with Gasteiger partial charge in [0, 0.05) is 18.4 Å². The molecule has 5 rings (SSSR count). The topological polar surface area (TPSA) is 24.8 Å². The van der Waals surface area contributed by atoms with E-state index in [-0.39, 0.29) is 17.7 Å². The summed E-state index contributed by atoms with van der Waals surface area (Å²) in [4.78, 5) is 0. The number of ether oxygens (including phenoxy) is 1. The molecule has 3 atom stereocenters. The van der Waals surface area contributed by atoms with Gasteiger partial charge in [0.25, 0.3) is 0 Å². The molecule has 0 aromatic heterocycles. The summed E-state index contributed by atoms with van der Waals surface area (Å²) in [7, 11) is 0. The van der Waals surface area contributed by atoms with Crippen molar-refractivity contribution in [2.75, 3.05) is 0 Å². The van der Waals surface area contributed by atoms with Crippen molar-refractivity contribution >= 4 is 5.71 Å². The average molecular weight is 373 g/mol. The van der Waals surface area contributed by atoms with Gasteiger partial charge in [0.05, 0.1) is 11.8 Å². The van der Waals surface area contributed by atoms with E-state index in [1.807, 2.05) is 0 Å². The minimum absolute atomic E-state index is 0.0445. The summed E-state index contributed by atoms with van der Waals surface area (Å²) in [5, 5.41) is 7.29. The van der Waals surface area contributed by atoms with E-state index in [4.69, 9.17) is 9.84 Å². The van der Waals surface area contributed by atoms with Crippen LogP contribution < -0.4 is 4.74 Å². The normalized spacial score (nSPS) is 27.5. The number of hydrogen-bond donors (Lipinski definition) is 0. The first-order valence-corrected chi connectivity index (χ1v) is 10.4. The van der Waals surface area contributed by atoms with E-state index in [0.717, 1.165) is 30.7 Å². The molecule has 0 radical (unpaired) electrons. The maximum atomic E-state index is 6.50. The van der Waals surface area contributed by atoms with Crippen LogP contribution >= 0.6 is 0 Å². The van der Waals surface area contributed by atoms with Crippen LogP contribution in [0.15, 0.2) is 71.3 Å². The lowest BCUT2D eigenvalue weighted by Crippen LogP contribution is -2.41. The monoisotopic (exact) mass is 372 g/mol. The van der Waals surface area contributed by atoms with Crippen molar-refractivity contribution in [2.45, 2.75) is 52.3 Å². The quantitative estimate of drug-likeness (QED) is 0.623. The molecule has 2 heterocycles. The molecule has 3 aliphatic rings. The van der Waals surface area contributed by atoms with Crippen LogP contribution in [0.5, 0.6) is 5.75 Å². The van der Waals surface area contributed by atoms with Gasteiger partial charge in [-0.25, -0.2) is 5.01 Å². The minimum Gasteiger partial charge on any atom is -0.468 e. The number of fused-ring (bicyclic) bond motifs is 3. The van der Waals surface area contributed by atoms with Gasteiger partial charge < -0.3 is 4.74 Å². The van der Waals surface area contributed by atoms with E-state index in [9.17, 15) is 0 Å². The highest BCUT2D eigenvalue weighted by Crippen LogP contribution is 2.48. The highest BCUT2D eigenvalue weighted by atomic mass is 16.5. The molecule has 0 fully saturated rings. The maximum absolute atomic E-state index is 6.50. The van der Waals surface area contributed by atoms with Crippen LogP contribution in [0, 0.1) is 11.3 Å². The Kier molecular flexibility index (Phi) is 4.08. The van der Waals surface area contributed by atoms with Crippen molar-refractivity contribution < 1.29 is 4.74 Å². The predicted octanol–water partition coefficient (Wildman–Crippen LogP) is 5.94. The van der Waals surface area contributed by atoms with Gasteiger partial charge >= 0.3 is 0 Å². The van der Waals surface area contributed by atoms with E-state index in [1.165, 1.54) is 16.7 Å². The zero-order valence-electron chi connectivity index (χ0n) is 16.9. The molecular weight excluding hydrogens is 344 g/mol. The van der Waals surface area contributed by atoms with Crippen molar-refractivity contribution in [3.05, 3.63) is 77.4 Å². The van der Waals surface area contributed by atoms with Crippen molar-refractivity contribution in [2.24, 2.45) is 16.4 Å². The second kappa shape index (κ2) is 6.51. The van der Waals surface area contributed by atoms with Crippen LogP contribution in [0.1, 0.15) is 57.2 Å². The zero-order valence-corrected chi connectivity index (χ0v) is 16.9. The number of hydrogen-bond acceptors (Lipinski definition) is 3. The molecule has 2 aliphatic heterocycles. The average Bonchev–Trinajstić information content (AvgIpc) is 3.26. The number of para-hydroxylation sites is 1. The fraction of sp³-hybridized carbons (Fsp3) is 0.400. The maximum Gasteiger partial charge on any atom is 0.191 e. The fourth-order valence-electron chi connectivity index (χ4n) is 4.78. The van der Waals surface area contributed by atoms with Gasteiger partial charge in [-0.05, 0) is 29.4 Å². The van der Waals surface area contributed by atoms with E-state index < -0.39 is 0 Å². The Morgan fingerprint density at radius 3 is 2.57 bits per heavy atom. The van der Waals surface area contributed by atoms with Gasteiger partial charge in [0.1, 0.15) is 5.75 Å². The van der Waals surface area contributed by atoms with Gasteiger partial charge in [0.15, 0.2) is 6.23 Å². The molecule has 0 spiro atoms. The van der Waals surface area contributed by atoms with Crippen molar-refractivity contribution in [3.8, 4) is 5.75 Å². The molecular formula is C25H28N2O. The molecule has 3 heteroatoms. The van der Waals surface area contributed by atoms with Gasteiger partial charge in [-0.2, -0.15) is 5.10 Å². The van der Waals surface area contributed by atoms with Crippen LogP contribution in [0.25, 0.3) is 0 Å². The molecule has 0 saturated heterocycles. The molecule has 0 N–H and O–H groups in total. The van der Waals surface area contributed by atoms with Crippen LogP contribution in [-0.4, -0.2) is 16.9 Å². The first-order chi connectivity index (χ1) is 13.5. The lowest BCUT2D eigenvalue weighted by molar-refractivity contribution is -0.0188. The Bertz CT molecular complexity index is 944. The molecule has 144 valence electrons. The van der Waals surface area contributed by atoms with E-state index in [2.05, 4.69) is 86.5 Å². The Balaban J connectivity index is 1.50. The first kappa shape index (κ1) is 17.5. The fourth-order valence-corrected chi connectivity index (χ4v) is 4.78. The molecule has 3 unspecified atom stereocenters. The summed E-state index contributed by atoms with van der Waals surface area (Å²) in [6.45, 7) is 7.09. The van der Waals surface area contributed by atoms with Crippen molar-refractivity contribution in [1.82, 2.24) is 5.01 Å². The molecule has 1 aliphatic carbocycles. The Labute approximate surface area is 167 Å². The van der Waals surface area contributed by atoms with Crippen LogP contribution in [-0.2, 0) is 0 Å². The van der Waals surface area contributed by atoms with Gasteiger partial charge in [-0.3, -0.25) is 0 Å². The summed E-state index contributed by atoms with van der Waals surface area (Å²) < 4.78 is 6.50. The molecule has 28 heavy (non-hydrogen) atoms. The standard InChI is InChI=1S/C25H28N2O/c1-17-13-14-19(25(17,2)3)15-24-27-22(20-11-7-8-12-23(20)28-24)16-21(26-27)18-9-5-4-6-10-18/h4-12,14,17,22,24H,13,15-16H2,1-3H3. The Hall–Kier alpha value is -2.55.